The molecule has 1 saturated heterocycles. The van der Waals surface area contributed by atoms with E-state index in [4.69, 9.17) is 0 Å². The molecule has 3 heterocycles. The summed E-state index contributed by atoms with van der Waals surface area (Å²) in [6.07, 6.45) is 4.26. The number of nitrogens with zero attached hydrogens (tertiary/aromatic N) is 5. The molecule has 2 aromatic carbocycles. The third-order valence-corrected chi connectivity index (χ3v) is 6.01. The number of piperidine rings is 1. The number of nitriles is 1. The predicted octanol–water partition coefficient (Wildman–Crippen LogP) is 4.65. The van der Waals surface area contributed by atoms with Crippen molar-refractivity contribution in [1.29, 1.82) is 5.26 Å². The highest BCUT2D eigenvalue weighted by Gasteiger charge is 2.24. The van der Waals surface area contributed by atoms with Gasteiger partial charge in [0.2, 0.25) is 0 Å². The van der Waals surface area contributed by atoms with Gasteiger partial charge >= 0.3 is 0 Å². The number of fused-ring (bicyclic) bond motifs is 1. The second kappa shape index (κ2) is 8.10. The average molecular weight is 393 g/mol. The zero-order chi connectivity index (χ0) is 20.3. The number of benzene rings is 2. The second-order valence-electron chi connectivity index (χ2n) is 7.89. The van der Waals surface area contributed by atoms with Crippen LogP contribution in [0.25, 0.3) is 16.8 Å². The van der Waals surface area contributed by atoms with Crippen molar-refractivity contribution in [2.45, 2.75) is 25.3 Å². The Balaban J connectivity index is 1.23. The Kier molecular flexibility index (Phi) is 5.00. The maximum Gasteiger partial charge on any atom is 0.160 e. The Hall–Kier alpha value is -3.49. The number of hydrogen-bond donors (Lipinski definition) is 0. The number of rotatable bonds is 4. The number of aromatic nitrogens is 3. The van der Waals surface area contributed by atoms with Crippen LogP contribution in [0.2, 0.25) is 0 Å². The molecule has 30 heavy (non-hydrogen) atoms. The highest BCUT2D eigenvalue weighted by atomic mass is 15.2. The molecular weight excluding hydrogens is 370 g/mol. The average Bonchev–Trinajstić information content (AvgIpc) is 3.24. The molecule has 1 aliphatic heterocycles. The Bertz CT molecular complexity index is 1190. The minimum atomic E-state index is 0.462. The van der Waals surface area contributed by atoms with Crippen molar-refractivity contribution in [3.8, 4) is 17.2 Å². The molecule has 5 heteroatoms. The van der Waals surface area contributed by atoms with Gasteiger partial charge in [0.15, 0.2) is 5.65 Å². The maximum atomic E-state index is 9.33. The van der Waals surface area contributed by atoms with Crippen molar-refractivity contribution in [1.82, 2.24) is 19.5 Å². The molecule has 0 aliphatic carbocycles. The smallest absolute Gasteiger partial charge is 0.160 e. The summed E-state index contributed by atoms with van der Waals surface area (Å²) in [6.45, 7) is 3.07. The first-order valence-corrected chi connectivity index (χ1v) is 10.4. The molecule has 4 aromatic rings. The number of hydrogen-bond acceptors (Lipinski definition) is 4. The molecular formula is C25H23N5. The van der Waals surface area contributed by atoms with Crippen LogP contribution in [-0.2, 0) is 6.54 Å². The molecule has 0 saturated carbocycles. The van der Waals surface area contributed by atoms with Crippen molar-refractivity contribution in [2.75, 3.05) is 13.1 Å². The fraction of sp³-hybridized carbons (Fsp3) is 0.240. The highest BCUT2D eigenvalue weighted by Crippen LogP contribution is 2.28. The van der Waals surface area contributed by atoms with E-state index in [1.165, 1.54) is 5.56 Å². The second-order valence-corrected chi connectivity index (χ2v) is 7.89. The summed E-state index contributed by atoms with van der Waals surface area (Å²) in [7, 11) is 0. The summed E-state index contributed by atoms with van der Waals surface area (Å²) in [5, 5.41) is 18.1. The van der Waals surface area contributed by atoms with Crippen molar-refractivity contribution < 1.29 is 0 Å². The van der Waals surface area contributed by atoms with Crippen molar-refractivity contribution in [3.63, 3.8) is 0 Å². The number of pyridine rings is 1. The zero-order valence-corrected chi connectivity index (χ0v) is 16.8. The van der Waals surface area contributed by atoms with E-state index >= 15 is 0 Å². The molecule has 0 spiro atoms. The van der Waals surface area contributed by atoms with Gasteiger partial charge in [0, 0.05) is 18.7 Å². The maximum absolute atomic E-state index is 9.33. The van der Waals surface area contributed by atoms with E-state index in [1.54, 1.807) is 0 Å². The van der Waals surface area contributed by atoms with Crippen LogP contribution in [0.3, 0.4) is 0 Å². The van der Waals surface area contributed by atoms with Crippen LogP contribution in [0, 0.1) is 11.3 Å². The quantitative estimate of drug-likeness (QED) is 0.506. The van der Waals surface area contributed by atoms with Crippen LogP contribution >= 0.6 is 0 Å². The fourth-order valence-corrected chi connectivity index (χ4v) is 4.37. The van der Waals surface area contributed by atoms with Gasteiger partial charge in [-0.1, -0.05) is 48.5 Å². The van der Waals surface area contributed by atoms with Crippen LogP contribution in [0.5, 0.6) is 0 Å². The lowest BCUT2D eigenvalue weighted by Gasteiger charge is -2.31. The van der Waals surface area contributed by atoms with Crippen LogP contribution in [0.15, 0.2) is 72.9 Å². The topological polar surface area (TPSA) is 57.2 Å². The molecule has 0 bridgehead atoms. The zero-order valence-electron chi connectivity index (χ0n) is 16.8. The molecule has 1 aliphatic rings. The fourth-order valence-electron chi connectivity index (χ4n) is 4.37. The van der Waals surface area contributed by atoms with Gasteiger partial charge in [0.25, 0.3) is 0 Å². The normalized spacial score (nSPS) is 15.3. The lowest BCUT2D eigenvalue weighted by Crippen LogP contribution is -2.33. The molecule has 148 valence electrons. The summed E-state index contributed by atoms with van der Waals surface area (Å²) in [6, 6.07) is 24.7. The SMILES string of the molecule is N#Cc1ccccc1-c1ccc(CN2CCC(c3nnc4ccccn34)CC2)cc1. The molecule has 5 rings (SSSR count). The largest absolute Gasteiger partial charge is 0.299 e. The lowest BCUT2D eigenvalue weighted by atomic mass is 9.95. The van der Waals surface area contributed by atoms with E-state index in [1.807, 2.05) is 42.5 Å². The first kappa shape index (κ1) is 18.5. The van der Waals surface area contributed by atoms with E-state index in [2.05, 4.69) is 56.0 Å². The van der Waals surface area contributed by atoms with Crippen LogP contribution in [0.4, 0.5) is 0 Å². The third-order valence-electron chi connectivity index (χ3n) is 6.01. The summed E-state index contributed by atoms with van der Waals surface area (Å²) >= 11 is 0. The first-order chi connectivity index (χ1) is 14.8. The Morgan fingerprint density at radius 1 is 0.900 bits per heavy atom. The van der Waals surface area contributed by atoms with E-state index in [9.17, 15) is 5.26 Å². The predicted molar refractivity (Wildman–Crippen MR) is 117 cm³/mol. The molecule has 0 atom stereocenters. The van der Waals surface area contributed by atoms with Gasteiger partial charge < -0.3 is 0 Å². The summed E-state index contributed by atoms with van der Waals surface area (Å²) in [5.74, 6) is 1.55. The minimum absolute atomic E-state index is 0.462. The summed E-state index contributed by atoms with van der Waals surface area (Å²) in [5.41, 5.74) is 5.03. The van der Waals surface area contributed by atoms with E-state index in [0.29, 0.717) is 11.5 Å². The van der Waals surface area contributed by atoms with Crippen molar-refractivity contribution >= 4 is 5.65 Å². The third kappa shape index (κ3) is 3.58. The molecule has 0 amide bonds. The molecule has 5 nitrogen and oxygen atoms in total. The van der Waals surface area contributed by atoms with Crippen LogP contribution < -0.4 is 0 Å². The van der Waals surface area contributed by atoms with Gasteiger partial charge in [-0.05, 0) is 60.8 Å². The van der Waals surface area contributed by atoms with Crippen LogP contribution in [-0.4, -0.2) is 32.6 Å². The molecule has 0 N–H and O–H groups in total. The molecule has 0 radical (unpaired) electrons. The van der Waals surface area contributed by atoms with Gasteiger partial charge in [-0.15, -0.1) is 10.2 Å². The van der Waals surface area contributed by atoms with E-state index in [-0.39, 0.29) is 0 Å². The van der Waals surface area contributed by atoms with Gasteiger partial charge in [-0.25, -0.2) is 0 Å². The Morgan fingerprint density at radius 3 is 2.47 bits per heavy atom. The van der Waals surface area contributed by atoms with E-state index in [0.717, 1.165) is 55.1 Å². The monoisotopic (exact) mass is 393 g/mol. The van der Waals surface area contributed by atoms with Crippen LogP contribution in [0.1, 0.15) is 35.7 Å². The first-order valence-electron chi connectivity index (χ1n) is 10.4. The van der Waals surface area contributed by atoms with E-state index < -0.39 is 0 Å². The van der Waals surface area contributed by atoms with Gasteiger partial charge in [0.05, 0.1) is 11.6 Å². The summed E-state index contributed by atoms with van der Waals surface area (Å²) in [4.78, 5) is 2.51. The van der Waals surface area contributed by atoms with Crippen molar-refractivity contribution in [2.24, 2.45) is 0 Å². The Labute approximate surface area is 176 Å². The van der Waals surface area contributed by atoms with Gasteiger partial charge in [-0.2, -0.15) is 5.26 Å². The Morgan fingerprint density at radius 2 is 1.67 bits per heavy atom. The minimum Gasteiger partial charge on any atom is -0.299 e. The number of likely N-dealkylation sites (tertiary alicyclic amines) is 1. The molecule has 0 unspecified atom stereocenters. The molecule has 2 aromatic heterocycles. The highest BCUT2D eigenvalue weighted by molar-refractivity contribution is 5.70. The van der Waals surface area contributed by atoms with Crippen molar-refractivity contribution in [3.05, 3.63) is 89.9 Å². The molecule has 1 fully saturated rings. The van der Waals surface area contributed by atoms with Gasteiger partial charge in [-0.3, -0.25) is 9.30 Å². The lowest BCUT2D eigenvalue weighted by molar-refractivity contribution is 0.201. The standard InChI is InChI=1S/C25H23N5/c26-17-22-5-1-2-6-23(22)20-10-8-19(9-11-20)18-29-15-12-21(13-16-29)25-28-27-24-7-3-4-14-30(24)25/h1-11,14,21H,12-13,15-16,18H2. The summed E-state index contributed by atoms with van der Waals surface area (Å²) < 4.78 is 2.12. The van der Waals surface area contributed by atoms with Gasteiger partial charge in [0.1, 0.15) is 5.82 Å².